The predicted octanol–water partition coefficient (Wildman–Crippen LogP) is 21.4. The average molecular weight is 1030 g/mol. The second-order valence-corrected chi connectivity index (χ2v) is 23.5. The Bertz CT molecular complexity index is 1050. The van der Waals surface area contributed by atoms with Crippen molar-refractivity contribution in [2.24, 2.45) is 0 Å². The van der Waals surface area contributed by atoms with E-state index in [1.165, 1.54) is 321 Å². The number of amides is 1. The van der Waals surface area contributed by atoms with Gasteiger partial charge in [0, 0.05) is 12.8 Å². The van der Waals surface area contributed by atoms with E-state index in [1.807, 2.05) is 0 Å². The van der Waals surface area contributed by atoms with E-state index in [0.29, 0.717) is 25.9 Å². The molecule has 436 valence electrons. The second-order valence-electron chi connectivity index (χ2n) is 23.5. The molecule has 0 rings (SSSR count). The summed E-state index contributed by atoms with van der Waals surface area (Å²) in [5.74, 6) is -0.00535. The first kappa shape index (κ1) is 71.9. The van der Waals surface area contributed by atoms with Crippen LogP contribution in [0.25, 0.3) is 0 Å². The highest BCUT2D eigenvalue weighted by atomic mass is 16.5. The Kier molecular flexibility index (Phi) is 62.4. The zero-order valence-corrected chi connectivity index (χ0v) is 49.9. The van der Waals surface area contributed by atoms with Crippen LogP contribution in [0.5, 0.6) is 0 Å². The minimum Gasteiger partial charge on any atom is -0.466 e. The first-order valence-electron chi connectivity index (χ1n) is 33.8. The highest BCUT2D eigenvalue weighted by Gasteiger charge is 2.20. The van der Waals surface area contributed by atoms with E-state index in [9.17, 15) is 19.8 Å². The molecule has 0 aromatic carbocycles. The number of hydrogen-bond acceptors (Lipinski definition) is 5. The first-order valence-corrected chi connectivity index (χ1v) is 33.8. The van der Waals surface area contributed by atoms with E-state index < -0.39 is 12.1 Å². The molecule has 3 N–H and O–H groups in total. The molecule has 6 heteroatoms. The normalized spacial score (nSPS) is 12.4. The van der Waals surface area contributed by atoms with Gasteiger partial charge in [0.05, 0.1) is 25.4 Å². The zero-order chi connectivity index (χ0) is 52.9. The number of esters is 1. The van der Waals surface area contributed by atoms with Crippen LogP contribution in [-0.2, 0) is 14.3 Å². The molecule has 0 aromatic heterocycles. The summed E-state index contributed by atoms with van der Waals surface area (Å²) in [6.45, 7) is 4.98. The molecule has 2 unspecified atom stereocenters. The van der Waals surface area contributed by atoms with Crippen LogP contribution in [0, 0.1) is 0 Å². The fourth-order valence-electron chi connectivity index (χ4n) is 11.0. The quantitative estimate of drug-likeness (QED) is 0.0417. The van der Waals surface area contributed by atoms with Gasteiger partial charge in [-0.1, -0.05) is 354 Å². The Morgan fingerprint density at radius 3 is 0.836 bits per heavy atom. The Labute approximate surface area is 457 Å². The van der Waals surface area contributed by atoms with E-state index in [0.717, 1.165) is 38.5 Å². The molecule has 0 saturated carbocycles. The topological polar surface area (TPSA) is 95.9 Å². The van der Waals surface area contributed by atoms with Crippen molar-refractivity contribution < 1.29 is 24.5 Å². The third-order valence-electron chi connectivity index (χ3n) is 16.2. The van der Waals surface area contributed by atoms with Gasteiger partial charge in [-0.15, -0.1) is 0 Å². The summed E-state index contributed by atoms with van der Waals surface area (Å²) in [4.78, 5) is 24.5. The Hall–Kier alpha value is -1.14. The summed E-state index contributed by atoms with van der Waals surface area (Å²) in [5, 5.41) is 23.2. The third kappa shape index (κ3) is 60.0. The fourth-order valence-corrected chi connectivity index (χ4v) is 11.0. The highest BCUT2D eigenvalue weighted by Crippen LogP contribution is 2.19. The number of ether oxygens (including phenoxy) is 1. The Morgan fingerprint density at radius 2 is 0.562 bits per heavy atom. The van der Waals surface area contributed by atoms with Gasteiger partial charge in [0.1, 0.15) is 0 Å². The molecule has 0 radical (unpaired) electrons. The van der Waals surface area contributed by atoms with Gasteiger partial charge in [0.25, 0.3) is 0 Å². The maximum atomic E-state index is 12.4. The first-order chi connectivity index (χ1) is 36.0. The molecule has 0 spiro atoms. The van der Waals surface area contributed by atoms with Gasteiger partial charge >= 0.3 is 5.97 Å². The number of carbonyl (C=O) groups is 2. The Balaban J connectivity index is 3.27. The van der Waals surface area contributed by atoms with Crippen LogP contribution in [0.3, 0.4) is 0 Å². The van der Waals surface area contributed by atoms with Crippen molar-refractivity contribution in [3.8, 4) is 0 Å². The lowest BCUT2D eigenvalue weighted by Gasteiger charge is -2.22. The van der Waals surface area contributed by atoms with Crippen molar-refractivity contribution in [1.29, 1.82) is 0 Å². The number of nitrogens with one attached hydrogen (secondary N) is 1. The van der Waals surface area contributed by atoms with Gasteiger partial charge in [-0.05, 0) is 25.7 Å². The van der Waals surface area contributed by atoms with E-state index >= 15 is 0 Å². The molecular formula is C67H133NO5. The fraction of sp³-hybridized carbons (Fsp3) is 0.970. The molecular weight excluding hydrogens is 899 g/mol. The standard InChI is InChI=1S/C67H133NO5/c1-3-5-7-9-11-13-15-16-38-41-45-49-53-57-61-67(72)73-62-58-54-50-46-42-39-36-34-32-30-28-26-24-22-20-18-17-19-21-23-25-27-29-31-33-35-37-40-44-48-52-56-60-66(71)68-64(63-69)65(70)59-55-51-47-43-14-12-10-8-6-4-2/h64-65,69-70H,3-63H2,1-2H3,(H,68,71). The van der Waals surface area contributed by atoms with E-state index in [1.54, 1.807) is 0 Å². The highest BCUT2D eigenvalue weighted by molar-refractivity contribution is 5.76. The van der Waals surface area contributed by atoms with Gasteiger partial charge in [-0.2, -0.15) is 0 Å². The van der Waals surface area contributed by atoms with Crippen LogP contribution in [-0.4, -0.2) is 47.4 Å². The van der Waals surface area contributed by atoms with Crippen molar-refractivity contribution in [3.05, 3.63) is 0 Å². The number of unbranched alkanes of at least 4 members (excludes halogenated alkanes) is 53. The minimum atomic E-state index is -0.658. The van der Waals surface area contributed by atoms with Crippen molar-refractivity contribution in [1.82, 2.24) is 5.32 Å². The summed E-state index contributed by atoms with van der Waals surface area (Å²) in [7, 11) is 0. The monoisotopic (exact) mass is 1030 g/mol. The number of hydrogen-bond donors (Lipinski definition) is 3. The van der Waals surface area contributed by atoms with Crippen LogP contribution >= 0.6 is 0 Å². The summed E-state index contributed by atoms with van der Waals surface area (Å²) in [5.41, 5.74) is 0. The third-order valence-corrected chi connectivity index (χ3v) is 16.2. The summed E-state index contributed by atoms with van der Waals surface area (Å²) in [6.07, 6.45) is 75.9. The second kappa shape index (κ2) is 63.4. The van der Waals surface area contributed by atoms with Crippen molar-refractivity contribution >= 4 is 11.9 Å². The van der Waals surface area contributed by atoms with Crippen LogP contribution < -0.4 is 5.32 Å². The minimum absolute atomic E-state index is 0.0244. The van der Waals surface area contributed by atoms with Crippen molar-refractivity contribution in [3.63, 3.8) is 0 Å². The molecule has 2 atom stereocenters. The van der Waals surface area contributed by atoms with Gasteiger partial charge < -0.3 is 20.3 Å². The largest absolute Gasteiger partial charge is 0.466 e. The molecule has 0 aromatic rings. The van der Waals surface area contributed by atoms with Gasteiger partial charge in [0.15, 0.2) is 0 Å². The van der Waals surface area contributed by atoms with Gasteiger partial charge in [0.2, 0.25) is 5.91 Å². The molecule has 0 aliphatic heterocycles. The Morgan fingerprint density at radius 1 is 0.329 bits per heavy atom. The zero-order valence-electron chi connectivity index (χ0n) is 49.9. The van der Waals surface area contributed by atoms with Crippen LogP contribution in [0.1, 0.15) is 393 Å². The number of carbonyl (C=O) groups excluding carboxylic acids is 2. The van der Waals surface area contributed by atoms with Crippen LogP contribution in [0.4, 0.5) is 0 Å². The lowest BCUT2D eigenvalue weighted by molar-refractivity contribution is -0.143. The summed E-state index contributed by atoms with van der Waals surface area (Å²) < 4.78 is 5.50. The lowest BCUT2D eigenvalue weighted by Crippen LogP contribution is -2.45. The number of rotatable bonds is 64. The van der Waals surface area contributed by atoms with Gasteiger partial charge in [-0.25, -0.2) is 0 Å². The predicted molar refractivity (Wildman–Crippen MR) is 320 cm³/mol. The van der Waals surface area contributed by atoms with Crippen LogP contribution in [0.15, 0.2) is 0 Å². The average Bonchev–Trinajstić information content (AvgIpc) is 3.39. The maximum Gasteiger partial charge on any atom is 0.305 e. The number of aliphatic hydroxyl groups excluding tert-OH is 2. The number of aliphatic hydroxyl groups is 2. The molecule has 0 bridgehead atoms. The van der Waals surface area contributed by atoms with Crippen molar-refractivity contribution in [2.45, 2.75) is 405 Å². The summed E-state index contributed by atoms with van der Waals surface area (Å²) >= 11 is 0. The summed E-state index contributed by atoms with van der Waals surface area (Å²) in [6, 6.07) is -0.535. The van der Waals surface area contributed by atoms with Gasteiger partial charge in [-0.3, -0.25) is 9.59 Å². The molecule has 6 nitrogen and oxygen atoms in total. The molecule has 0 aliphatic rings. The maximum absolute atomic E-state index is 12.4. The van der Waals surface area contributed by atoms with Crippen LogP contribution in [0.2, 0.25) is 0 Å². The smallest absolute Gasteiger partial charge is 0.305 e. The molecule has 0 aliphatic carbocycles. The molecule has 0 saturated heterocycles. The molecule has 0 heterocycles. The SMILES string of the molecule is CCCCCCCCCCCCCCCCC(=O)OCCCCCCCCCCCCCCCCCCCCCCCCCCCCCCCCCCC(=O)NC(CO)C(O)CCCCCCCCCCCC. The van der Waals surface area contributed by atoms with E-state index in [-0.39, 0.29) is 18.5 Å². The lowest BCUT2D eigenvalue weighted by atomic mass is 10.0. The van der Waals surface area contributed by atoms with E-state index in [4.69, 9.17) is 4.74 Å². The van der Waals surface area contributed by atoms with Crippen molar-refractivity contribution in [2.75, 3.05) is 13.2 Å². The molecule has 1 amide bonds. The molecule has 73 heavy (non-hydrogen) atoms. The van der Waals surface area contributed by atoms with E-state index in [2.05, 4.69) is 19.2 Å². The molecule has 0 fully saturated rings.